The smallest absolute Gasteiger partial charge is 0.246 e. The fourth-order valence-corrected chi connectivity index (χ4v) is 4.66. The molecule has 1 N–H and O–H groups in total. The van der Waals surface area contributed by atoms with Crippen LogP contribution < -0.4 is 15.1 Å². The minimum absolute atomic E-state index is 0.0729. The Hall–Kier alpha value is -3.66. The van der Waals surface area contributed by atoms with Gasteiger partial charge in [-0.1, -0.05) is 6.58 Å². The van der Waals surface area contributed by atoms with Gasteiger partial charge < -0.3 is 29.5 Å². The lowest BCUT2D eigenvalue weighted by atomic mass is 10.1. The highest BCUT2D eigenvalue weighted by atomic mass is 16.2. The van der Waals surface area contributed by atoms with Gasteiger partial charge in [-0.25, -0.2) is 4.98 Å². The van der Waals surface area contributed by atoms with Crippen molar-refractivity contribution in [2.75, 3.05) is 68.5 Å². The summed E-state index contributed by atoms with van der Waals surface area (Å²) in [7, 11) is 3.98. The molecule has 36 heavy (non-hydrogen) atoms. The molecule has 0 aliphatic carbocycles. The predicted molar refractivity (Wildman–Crippen MR) is 144 cm³/mol. The Labute approximate surface area is 212 Å². The van der Waals surface area contributed by atoms with Gasteiger partial charge in [0.1, 0.15) is 0 Å². The number of hydrogen-bond acceptors (Lipinski definition) is 8. The Balaban J connectivity index is 1.39. The average Bonchev–Trinajstić information content (AvgIpc) is 3.28. The molecule has 5 rings (SSSR count). The van der Waals surface area contributed by atoms with Crippen molar-refractivity contribution in [3.05, 3.63) is 43.2 Å². The number of rotatable bonds is 7. The van der Waals surface area contributed by atoms with Gasteiger partial charge in [-0.2, -0.15) is 9.97 Å². The fraction of sp³-hybridized carbons (Fsp3) is 0.462. The van der Waals surface area contributed by atoms with E-state index < -0.39 is 0 Å². The lowest BCUT2D eigenvalue weighted by Gasteiger charge is -2.43. The highest BCUT2D eigenvalue weighted by Crippen LogP contribution is 2.30. The standard InChI is InChI=1S/C26H35N9O/c1-6-22(36)32(5)21-15-34(16-21)26-29-24(23-25(30-26)35(17-27-23)18(2)3)28-19-7-9-20(10-8-19)33-13-11-31(4)12-14-33/h6-10,17-18,21H,1,11-16H2,2-5H3,(H,28,29,30). The number of imidazole rings is 1. The van der Waals surface area contributed by atoms with Gasteiger partial charge in [-0.3, -0.25) is 4.79 Å². The van der Waals surface area contributed by atoms with Gasteiger partial charge in [0.15, 0.2) is 17.0 Å². The Morgan fingerprint density at radius 1 is 1.11 bits per heavy atom. The first kappa shape index (κ1) is 24.1. The van der Waals surface area contributed by atoms with E-state index in [1.165, 1.54) is 11.8 Å². The number of piperazine rings is 1. The van der Waals surface area contributed by atoms with Gasteiger partial charge in [0.25, 0.3) is 0 Å². The van der Waals surface area contributed by atoms with Gasteiger partial charge in [0.05, 0.1) is 12.4 Å². The van der Waals surface area contributed by atoms with Gasteiger partial charge in [0, 0.05) is 63.7 Å². The number of nitrogens with one attached hydrogen (secondary N) is 1. The number of carbonyl (C=O) groups is 1. The summed E-state index contributed by atoms with van der Waals surface area (Å²) in [5.41, 5.74) is 3.73. The molecule has 0 bridgehead atoms. The molecular formula is C26H35N9O. The molecule has 10 nitrogen and oxygen atoms in total. The van der Waals surface area contributed by atoms with Crippen LogP contribution in [0.4, 0.5) is 23.1 Å². The minimum atomic E-state index is -0.0729. The first-order valence-corrected chi connectivity index (χ1v) is 12.5. The summed E-state index contributed by atoms with van der Waals surface area (Å²) in [4.78, 5) is 34.9. The van der Waals surface area contributed by atoms with E-state index in [9.17, 15) is 4.79 Å². The van der Waals surface area contributed by atoms with Crippen LogP contribution in [0.1, 0.15) is 19.9 Å². The van der Waals surface area contributed by atoms with Crippen molar-refractivity contribution in [2.45, 2.75) is 25.9 Å². The van der Waals surface area contributed by atoms with Gasteiger partial charge in [0.2, 0.25) is 11.9 Å². The fourth-order valence-electron chi connectivity index (χ4n) is 4.66. The molecule has 2 aliphatic rings. The number of hydrogen-bond donors (Lipinski definition) is 1. The molecule has 0 spiro atoms. The second-order valence-corrected chi connectivity index (χ2v) is 9.96. The molecule has 2 aliphatic heterocycles. The average molecular weight is 490 g/mol. The van der Waals surface area contributed by atoms with E-state index in [-0.39, 0.29) is 18.0 Å². The highest BCUT2D eigenvalue weighted by Gasteiger charge is 2.34. The first-order valence-electron chi connectivity index (χ1n) is 12.5. The molecule has 2 saturated heterocycles. The number of benzene rings is 1. The van der Waals surface area contributed by atoms with Crippen LogP contribution >= 0.6 is 0 Å². The van der Waals surface area contributed by atoms with Crippen LogP contribution in [-0.2, 0) is 4.79 Å². The first-order chi connectivity index (χ1) is 17.3. The van der Waals surface area contributed by atoms with Gasteiger partial charge in [-0.05, 0) is 51.2 Å². The number of nitrogens with zero attached hydrogens (tertiary/aromatic N) is 8. The molecule has 4 heterocycles. The second-order valence-electron chi connectivity index (χ2n) is 9.96. The monoisotopic (exact) mass is 489 g/mol. The molecule has 2 aromatic heterocycles. The van der Waals surface area contributed by atoms with Crippen molar-refractivity contribution in [2.24, 2.45) is 0 Å². The molecule has 190 valence electrons. The van der Waals surface area contributed by atoms with E-state index in [2.05, 4.69) is 81.3 Å². The third-order valence-electron chi connectivity index (χ3n) is 7.18. The molecule has 0 radical (unpaired) electrons. The maximum atomic E-state index is 12.0. The largest absolute Gasteiger partial charge is 0.369 e. The molecule has 0 unspecified atom stereocenters. The zero-order valence-electron chi connectivity index (χ0n) is 21.6. The summed E-state index contributed by atoms with van der Waals surface area (Å²) in [5.74, 6) is 1.24. The second kappa shape index (κ2) is 9.77. The number of fused-ring (bicyclic) bond motifs is 1. The lowest BCUT2D eigenvalue weighted by Crippen LogP contribution is -2.60. The molecule has 0 saturated carbocycles. The molecule has 1 aromatic carbocycles. The number of carbonyl (C=O) groups excluding carboxylic acids is 1. The van der Waals surface area contributed by atoms with E-state index in [0.29, 0.717) is 24.9 Å². The van der Waals surface area contributed by atoms with Crippen molar-refractivity contribution >= 4 is 40.2 Å². The summed E-state index contributed by atoms with van der Waals surface area (Å²) in [6.45, 7) is 13.4. The number of anilines is 4. The van der Waals surface area contributed by atoms with Gasteiger partial charge >= 0.3 is 0 Å². The van der Waals surface area contributed by atoms with Crippen molar-refractivity contribution in [1.82, 2.24) is 29.3 Å². The molecular weight excluding hydrogens is 454 g/mol. The summed E-state index contributed by atoms with van der Waals surface area (Å²) >= 11 is 0. The summed E-state index contributed by atoms with van der Waals surface area (Å²) < 4.78 is 2.06. The summed E-state index contributed by atoms with van der Waals surface area (Å²) in [6, 6.07) is 8.84. The molecule has 1 amide bonds. The maximum absolute atomic E-state index is 12.0. The van der Waals surface area contributed by atoms with Crippen LogP contribution in [0.2, 0.25) is 0 Å². The Kier molecular flexibility index (Phi) is 6.53. The molecule has 3 aromatic rings. The van der Waals surface area contributed by atoms with Crippen molar-refractivity contribution < 1.29 is 4.79 Å². The highest BCUT2D eigenvalue weighted by molar-refractivity contribution is 5.88. The minimum Gasteiger partial charge on any atom is -0.369 e. The summed E-state index contributed by atoms with van der Waals surface area (Å²) in [5, 5.41) is 3.48. The van der Waals surface area contributed by atoms with Crippen LogP contribution in [0.5, 0.6) is 0 Å². The van der Waals surface area contributed by atoms with Gasteiger partial charge in [-0.15, -0.1) is 0 Å². The van der Waals surface area contributed by atoms with E-state index >= 15 is 0 Å². The SMILES string of the molecule is C=CC(=O)N(C)C1CN(c2nc(Nc3ccc(N4CCN(C)CC4)cc3)c3ncn(C(C)C)c3n2)C1. The lowest BCUT2D eigenvalue weighted by molar-refractivity contribution is -0.127. The van der Waals surface area contributed by atoms with E-state index in [0.717, 1.165) is 43.0 Å². The number of amides is 1. The number of aromatic nitrogens is 4. The zero-order chi connectivity index (χ0) is 25.4. The Bertz CT molecular complexity index is 1240. The van der Waals surface area contributed by atoms with Crippen LogP contribution in [0.15, 0.2) is 43.2 Å². The molecule has 2 fully saturated rings. The molecule has 0 atom stereocenters. The number of likely N-dealkylation sites (N-methyl/N-ethyl adjacent to an activating group) is 2. The molecule has 10 heteroatoms. The van der Waals surface area contributed by atoms with Crippen LogP contribution in [-0.4, -0.2) is 94.6 Å². The Morgan fingerprint density at radius 2 is 1.81 bits per heavy atom. The Morgan fingerprint density at radius 3 is 2.44 bits per heavy atom. The van der Waals surface area contributed by atoms with Crippen LogP contribution in [0, 0.1) is 0 Å². The topological polar surface area (TPSA) is 85.7 Å². The maximum Gasteiger partial charge on any atom is 0.246 e. The third kappa shape index (κ3) is 4.60. The van der Waals surface area contributed by atoms with Crippen molar-refractivity contribution in [3.63, 3.8) is 0 Å². The van der Waals surface area contributed by atoms with E-state index in [1.54, 1.807) is 4.90 Å². The van der Waals surface area contributed by atoms with Crippen molar-refractivity contribution in [3.8, 4) is 0 Å². The quantitative estimate of drug-likeness (QED) is 0.507. The van der Waals surface area contributed by atoms with Crippen molar-refractivity contribution in [1.29, 1.82) is 0 Å². The third-order valence-corrected chi connectivity index (χ3v) is 7.18. The van der Waals surface area contributed by atoms with E-state index in [4.69, 9.17) is 9.97 Å². The summed E-state index contributed by atoms with van der Waals surface area (Å²) in [6.07, 6.45) is 3.17. The zero-order valence-corrected chi connectivity index (χ0v) is 21.6. The predicted octanol–water partition coefficient (Wildman–Crippen LogP) is 2.74. The normalized spacial score (nSPS) is 16.9. The van der Waals surface area contributed by atoms with Crippen LogP contribution in [0.3, 0.4) is 0 Å². The van der Waals surface area contributed by atoms with E-state index in [1.807, 2.05) is 13.4 Å². The van der Waals surface area contributed by atoms with Crippen LogP contribution in [0.25, 0.3) is 11.2 Å².